The zero-order chi connectivity index (χ0) is 10.4. The summed E-state index contributed by atoms with van der Waals surface area (Å²) in [5, 5.41) is 2.24. The highest BCUT2D eigenvalue weighted by Crippen LogP contribution is 2.32. The average molecular weight is 220 g/mol. The second-order valence-corrected chi connectivity index (χ2v) is 4.79. The minimum Gasteiger partial charge on any atom is -0.358 e. The Morgan fingerprint density at radius 3 is 2.87 bits per heavy atom. The van der Waals surface area contributed by atoms with Crippen LogP contribution in [-0.2, 0) is 12.8 Å². The maximum Gasteiger partial charge on any atom is 0.0503 e. The van der Waals surface area contributed by atoms with Crippen LogP contribution < -0.4 is 0 Å². The molecule has 3 rings (SSSR count). The minimum atomic E-state index is 0.862. The third kappa shape index (κ3) is 1.30. The van der Waals surface area contributed by atoms with Gasteiger partial charge in [-0.3, -0.25) is 0 Å². The first-order chi connectivity index (χ1) is 7.27. The van der Waals surface area contributed by atoms with E-state index in [0.29, 0.717) is 0 Å². The molecule has 15 heavy (non-hydrogen) atoms. The molecule has 0 aliphatic heterocycles. The van der Waals surface area contributed by atoms with Gasteiger partial charge >= 0.3 is 0 Å². The Balaban J connectivity index is 2.36. The quantitative estimate of drug-likeness (QED) is 0.689. The third-order valence-electron chi connectivity index (χ3n) is 3.47. The molecule has 1 nitrogen and oxygen atoms in total. The lowest BCUT2D eigenvalue weighted by molar-refractivity contribution is 0.680. The molecule has 0 spiro atoms. The number of halogens is 1. The number of aromatic nitrogens is 1. The topological polar surface area (TPSA) is 15.8 Å². The average Bonchev–Trinajstić information content (AvgIpc) is 2.63. The Kier molecular flexibility index (Phi) is 2.03. The summed E-state index contributed by atoms with van der Waals surface area (Å²) in [6.07, 6.45) is 5.05. The molecule has 0 saturated heterocycles. The number of hydrogen-bond acceptors (Lipinski definition) is 0. The predicted molar refractivity (Wildman–Crippen MR) is 64.7 cm³/mol. The van der Waals surface area contributed by atoms with E-state index in [1.54, 1.807) is 0 Å². The molecular weight excluding hydrogens is 206 g/mol. The maximum absolute atomic E-state index is 6.13. The minimum absolute atomic E-state index is 0.862. The molecule has 78 valence electrons. The Labute approximate surface area is 94.4 Å². The van der Waals surface area contributed by atoms with Gasteiger partial charge in [0.15, 0.2) is 0 Å². The number of hydrogen-bond donors (Lipinski definition) is 1. The number of nitrogens with one attached hydrogen (secondary N) is 1. The summed E-state index contributed by atoms with van der Waals surface area (Å²) in [5.74, 6) is 0. The lowest BCUT2D eigenvalue weighted by Crippen LogP contribution is -1.99. The molecule has 0 radical (unpaired) electrons. The number of aryl methyl sites for hydroxylation is 3. The van der Waals surface area contributed by atoms with Gasteiger partial charge in [0.1, 0.15) is 0 Å². The second-order valence-electron chi connectivity index (χ2n) is 4.38. The van der Waals surface area contributed by atoms with Crippen LogP contribution in [-0.4, -0.2) is 4.98 Å². The highest BCUT2D eigenvalue weighted by Gasteiger charge is 2.16. The SMILES string of the molecule is Cc1c(Cl)ccc2c3c([nH]c12)CCCC3. The van der Waals surface area contributed by atoms with Gasteiger partial charge in [-0.1, -0.05) is 17.7 Å². The Morgan fingerprint density at radius 1 is 1.20 bits per heavy atom. The van der Waals surface area contributed by atoms with E-state index in [0.717, 1.165) is 5.02 Å². The van der Waals surface area contributed by atoms with Crippen molar-refractivity contribution in [3.8, 4) is 0 Å². The largest absolute Gasteiger partial charge is 0.358 e. The molecule has 1 aromatic heterocycles. The zero-order valence-electron chi connectivity index (χ0n) is 8.86. The normalized spacial score (nSPS) is 15.6. The van der Waals surface area contributed by atoms with Crippen molar-refractivity contribution in [2.24, 2.45) is 0 Å². The number of H-pyrrole nitrogens is 1. The van der Waals surface area contributed by atoms with E-state index in [-0.39, 0.29) is 0 Å². The number of aromatic amines is 1. The van der Waals surface area contributed by atoms with Gasteiger partial charge in [0.05, 0.1) is 5.52 Å². The summed E-state index contributed by atoms with van der Waals surface area (Å²) in [4.78, 5) is 3.54. The summed E-state index contributed by atoms with van der Waals surface area (Å²) in [6.45, 7) is 2.09. The molecule has 2 heteroatoms. The molecule has 0 atom stereocenters. The van der Waals surface area contributed by atoms with Crippen molar-refractivity contribution in [2.75, 3.05) is 0 Å². The molecule has 0 fully saturated rings. The van der Waals surface area contributed by atoms with Crippen LogP contribution in [0.15, 0.2) is 12.1 Å². The van der Waals surface area contributed by atoms with Gasteiger partial charge < -0.3 is 4.98 Å². The van der Waals surface area contributed by atoms with Crippen molar-refractivity contribution in [3.05, 3.63) is 34.0 Å². The monoisotopic (exact) mass is 219 g/mol. The molecule has 2 aromatic rings. The van der Waals surface area contributed by atoms with Crippen molar-refractivity contribution >= 4 is 22.5 Å². The van der Waals surface area contributed by atoms with Gasteiger partial charge in [0.25, 0.3) is 0 Å². The summed E-state index contributed by atoms with van der Waals surface area (Å²) >= 11 is 6.13. The van der Waals surface area contributed by atoms with E-state index in [1.807, 2.05) is 6.07 Å². The fraction of sp³-hybridized carbons (Fsp3) is 0.385. The van der Waals surface area contributed by atoms with Crippen LogP contribution in [0.5, 0.6) is 0 Å². The Bertz CT molecular complexity index is 525. The molecule has 1 aliphatic rings. The van der Waals surface area contributed by atoms with Gasteiger partial charge in [-0.05, 0) is 49.8 Å². The van der Waals surface area contributed by atoms with E-state index < -0.39 is 0 Å². The van der Waals surface area contributed by atoms with Crippen LogP contribution >= 0.6 is 11.6 Å². The first-order valence-corrected chi connectivity index (χ1v) is 5.93. The van der Waals surface area contributed by atoms with Gasteiger partial charge in [-0.15, -0.1) is 0 Å². The van der Waals surface area contributed by atoms with Gasteiger partial charge in [0, 0.05) is 16.1 Å². The zero-order valence-corrected chi connectivity index (χ0v) is 9.62. The van der Waals surface area contributed by atoms with Gasteiger partial charge in [-0.2, -0.15) is 0 Å². The van der Waals surface area contributed by atoms with Crippen molar-refractivity contribution in [1.82, 2.24) is 4.98 Å². The van der Waals surface area contributed by atoms with Gasteiger partial charge in [-0.25, -0.2) is 0 Å². The lowest BCUT2D eigenvalue weighted by Gasteiger charge is -2.10. The van der Waals surface area contributed by atoms with Crippen LogP contribution in [0, 0.1) is 6.92 Å². The molecule has 0 amide bonds. The highest BCUT2D eigenvalue weighted by molar-refractivity contribution is 6.32. The summed E-state index contributed by atoms with van der Waals surface area (Å²) in [7, 11) is 0. The van der Waals surface area contributed by atoms with Crippen molar-refractivity contribution < 1.29 is 0 Å². The van der Waals surface area contributed by atoms with E-state index in [4.69, 9.17) is 11.6 Å². The van der Waals surface area contributed by atoms with Crippen LogP contribution in [0.25, 0.3) is 10.9 Å². The van der Waals surface area contributed by atoms with Crippen LogP contribution in [0.4, 0.5) is 0 Å². The van der Waals surface area contributed by atoms with E-state index in [2.05, 4.69) is 18.0 Å². The van der Waals surface area contributed by atoms with Crippen molar-refractivity contribution in [1.29, 1.82) is 0 Å². The summed E-state index contributed by atoms with van der Waals surface area (Å²) in [5.41, 5.74) is 5.38. The second kappa shape index (κ2) is 3.28. The molecular formula is C13H14ClN. The third-order valence-corrected chi connectivity index (χ3v) is 3.88. The van der Waals surface area contributed by atoms with E-state index >= 15 is 0 Å². The number of benzene rings is 1. The van der Waals surface area contributed by atoms with Crippen LogP contribution in [0.3, 0.4) is 0 Å². The summed E-state index contributed by atoms with van der Waals surface area (Å²) in [6, 6.07) is 4.17. The van der Waals surface area contributed by atoms with Crippen LogP contribution in [0.2, 0.25) is 5.02 Å². The van der Waals surface area contributed by atoms with E-state index in [1.165, 1.54) is 53.4 Å². The molecule has 0 bridgehead atoms. The fourth-order valence-electron chi connectivity index (χ4n) is 2.59. The van der Waals surface area contributed by atoms with Crippen LogP contribution in [0.1, 0.15) is 29.7 Å². The van der Waals surface area contributed by atoms with Crippen molar-refractivity contribution in [2.45, 2.75) is 32.6 Å². The predicted octanol–water partition coefficient (Wildman–Crippen LogP) is 4.01. The smallest absolute Gasteiger partial charge is 0.0503 e. The highest BCUT2D eigenvalue weighted by atomic mass is 35.5. The fourth-order valence-corrected chi connectivity index (χ4v) is 2.75. The molecule has 1 N–H and O–H groups in total. The molecule has 1 aliphatic carbocycles. The summed E-state index contributed by atoms with van der Waals surface area (Å²) < 4.78 is 0. The van der Waals surface area contributed by atoms with E-state index in [9.17, 15) is 0 Å². The first-order valence-electron chi connectivity index (χ1n) is 5.56. The molecule has 1 aromatic carbocycles. The Morgan fingerprint density at radius 2 is 2.00 bits per heavy atom. The number of rotatable bonds is 0. The maximum atomic E-state index is 6.13. The Hall–Kier alpha value is -0.950. The molecule has 0 saturated carbocycles. The number of fused-ring (bicyclic) bond motifs is 3. The molecule has 0 unspecified atom stereocenters. The lowest BCUT2D eigenvalue weighted by atomic mass is 9.95. The standard InChI is InChI=1S/C13H14ClN/c1-8-11(14)7-6-10-9-4-2-3-5-12(9)15-13(8)10/h6-7,15H,2-5H2,1H3. The van der Waals surface area contributed by atoms with Crippen molar-refractivity contribution in [3.63, 3.8) is 0 Å². The van der Waals surface area contributed by atoms with Gasteiger partial charge in [0.2, 0.25) is 0 Å². The first kappa shape index (κ1) is 9.29. The molecule has 1 heterocycles.